The summed E-state index contributed by atoms with van der Waals surface area (Å²) in [5, 5.41) is 0. The van der Waals surface area contributed by atoms with Crippen LogP contribution in [-0.4, -0.2) is 60.6 Å². The van der Waals surface area contributed by atoms with E-state index in [0.717, 1.165) is 44.5 Å². The van der Waals surface area contributed by atoms with Crippen molar-refractivity contribution in [2.75, 3.05) is 33.2 Å². The Bertz CT molecular complexity index is 611. The third kappa shape index (κ3) is 4.04. The Morgan fingerprint density at radius 1 is 1.28 bits per heavy atom. The average Bonchev–Trinajstić information content (AvgIpc) is 2.59. The number of likely N-dealkylation sites (N-methyl/N-ethyl adjacent to an activating group) is 1. The number of hydrogen-bond donors (Lipinski definition) is 0. The van der Waals surface area contributed by atoms with Crippen LogP contribution >= 0.6 is 0 Å². The van der Waals surface area contributed by atoms with Gasteiger partial charge >= 0.3 is 0 Å². The van der Waals surface area contributed by atoms with Gasteiger partial charge in [0.25, 0.3) is 5.91 Å². The summed E-state index contributed by atoms with van der Waals surface area (Å²) in [6, 6.07) is 7.00. The van der Waals surface area contributed by atoms with E-state index in [1.54, 1.807) is 6.07 Å². The number of piperidine rings is 1. The van der Waals surface area contributed by atoms with Gasteiger partial charge in [-0.1, -0.05) is 32.0 Å². The second kappa shape index (κ2) is 7.42. The summed E-state index contributed by atoms with van der Waals surface area (Å²) in [5.74, 6) is 0.167. The zero-order valence-corrected chi connectivity index (χ0v) is 15.5. The molecular weight excluding hydrogens is 319 g/mol. The number of halogens is 1. The fourth-order valence-electron chi connectivity index (χ4n) is 3.95. The van der Waals surface area contributed by atoms with Gasteiger partial charge in [0.15, 0.2) is 0 Å². The highest BCUT2D eigenvalue weighted by molar-refractivity contribution is 5.81. The normalized spacial score (nSPS) is 24.3. The lowest BCUT2D eigenvalue weighted by Gasteiger charge is -2.49. The van der Waals surface area contributed by atoms with Crippen molar-refractivity contribution in [1.29, 1.82) is 0 Å². The van der Waals surface area contributed by atoms with Crippen LogP contribution in [0, 0.1) is 11.7 Å². The lowest BCUT2D eigenvalue weighted by Crippen LogP contribution is -2.62. The lowest BCUT2D eigenvalue weighted by atomic mass is 9.87. The summed E-state index contributed by atoms with van der Waals surface area (Å²) in [7, 11) is 1.88. The van der Waals surface area contributed by atoms with E-state index in [9.17, 15) is 9.18 Å². The molecule has 1 spiro atoms. The fraction of sp³-hybridized carbons (Fsp3) is 0.650. The van der Waals surface area contributed by atoms with Crippen LogP contribution in [0.1, 0.15) is 32.3 Å². The smallest absolute Gasteiger partial charge is 0.251 e. The van der Waals surface area contributed by atoms with Crippen molar-refractivity contribution >= 4 is 5.91 Å². The molecule has 0 saturated carbocycles. The van der Waals surface area contributed by atoms with E-state index in [0.29, 0.717) is 6.54 Å². The minimum atomic E-state index is -0.330. The summed E-state index contributed by atoms with van der Waals surface area (Å²) in [6.45, 7) is 7.48. The molecule has 1 aromatic carbocycles. The number of morpholine rings is 1. The Morgan fingerprint density at radius 3 is 2.60 bits per heavy atom. The average molecular weight is 348 g/mol. The zero-order valence-electron chi connectivity index (χ0n) is 15.5. The van der Waals surface area contributed by atoms with Crippen molar-refractivity contribution in [2.45, 2.75) is 44.8 Å². The van der Waals surface area contributed by atoms with Crippen LogP contribution in [0.5, 0.6) is 0 Å². The van der Waals surface area contributed by atoms with Crippen molar-refractivity contribution in [1.82, 2.24) is 9.80 Å². The highest BCUT2D eigenvalue weighted by Crippen LogP contribution is 2.34. The Labute approximate surface area is 149 Å². The van der Waals surface area contributed by atoms with E-state index in [1.165, 1.54) is 6.07 Å². The summed E-state index contributed by atoms with van der Waals surface area (Å²) in [5.41, 5.74) is 0.563. The second-order valence-electron chi connectivity index (χ2n) is 7.84. The summed E-state index contributed by atoms with van der Waals surface area (Å²) >= 11 is 0. The molecule has 2 fully saturated rings. The molecule has 25 heavy (non-hydrogen) atoms. The molecule has 2 aliphatic heterocycles. The molecule has 1 unspecified atom stereocenters. The quantitative estimate of drug-likeness (QED) is 0.839. The van der Waals surface area contributed by atoms with E-state index >= 15 is 0 Å². The molecule has 0 bridgehead atoms. The van der Waals surface area contributed by atoms with Gasteiger partial charge in [-0.05, 0) is 36.8 Å². The molecule has 1 amide bonds. The van der Waals surface area contributed by atoms with E-state index < -0.39 is 0 Å². The fourth-order valence-corrected chi connectivity index (χ4v) is 3.95. The topological polar surface area (TPSA) is 32.8 Å². The van der Waals surface area contributed by atoms with Crippen molar-refractivity contribution in [3.05, 3.63) is 35.6 Å². The Balaban J connectivity index is 1.56. The van der Waals surface area contributed by atoms with Gasteiger partial charge in [-0.2, -0.15) is 0 Å². The van der Waals surface area contributed by atoms with Gasteiger partial charge in [0, 0.05) is 33.2 Å². The first kappa shape index (κ1) is 18.3. The first-order valence-corrected chi connectivity index (χ1v) is 9.29. The zero-order chi connectivity index (χ0) is 18.0. The van der Waals surface area contributed by atoms with Crippen LogP contribution in [0.2, 0.25) is 0 Å². The van der Waals surface area contributed by atoms with E-state index in [1.807, 2.05) is 37.9 Å². The monoisotopic (exact) mass is 348 g/mol. The van der Waals surface area contributed by atoms with Gasteiger partial charge in [-0.3, -0.25) is 4.79 Å². The molecule has 0 N–H and O–H groups in total. The number of likely N-dealkylation sites (tertiary alicyclic amines) is 1. The van der Waals surface area contributed by atoms with Gasteiger partial charge in [-0.25, -0.2) is 4.39 Å². The maximum atomic E-state index is 13.8. The number of hydrogen-bond acceptors (Lipinski definition) is 3. The molecule has 0 aromatic heterocycles. The highest BCUT2D eigenvalue weighted by atomic mass is 19.1. The maximum Gasteiger partial charge on any atom is 0.251 e. The maximum absolute atomic E-state index is 13.8. The van der Waals surface area contributed by atoms with Crippen molar-refractivity contribution in [3.8, 4) is 0 Å². The van der Waals surface area contributed by atoms with Crippen LogP contribution in [-0.2, 0) is 16.0 Å². The number of amides is 1. The van der Waals surface area contributed by atoms with Crippen LogP contribution < -0.4 is 0 Å². The molecule has 138 valence electrons. The summed E-state index contributed by atoms with van der Waals surface area (Å²) in [4.78, 5) is 16.5. The van der Waals surface area contributed by atoms with Crippen LogP contribution in [0.4, 0.5) is 4.39 Å². The Hall–Kier alpha value is -1.46. The SMILES string of the molecule is CC(C)C1OC2(CCN(CCc3ccccc3F)CC2)CN(C)C1=O. The number of rotatable bonds is 4. The van der Waals surface area contributed by atoms with Crippen LogP contribution in [0.15, 0.2) is 24.3 Å². The van der Waals surface area contributed by atoms with E-state index in [2.05, 4.69) is 4.90 Å². The molecule has 1 aromatic rings. The summed E-state index contributed by atoms with van der Waals surface area (Å²) in [6.07, 6.45) is 2.24. The Morgan fingerprint density at radius 2 is 1.96 bits per heavy atom. The molecule has 3 rings (SSSR count). The highest BCUT2D eigenvalue weighted by Gasteiger charge is 2.46. The Kier molecular flexibility index (Phi) is 5.44. The molecule has 0 radical (unpaired) electrons. The molecule has 2 aliphatic rings. The molecular formula is C20H29FN2O2. The largest absolute Gasteiger partial charge is 0.360 e. The third-order valence-electron chi connectivity index (χ3n) is 5.55. The number of benzene rings is 1. The standard InChI is InChI=1S/C20H29FN2O2/c1-15(2)18-19(24)22(3)14-20(25-18)9-12-23(13-10-20)11-8-16-6-4-5-7-17(16)21/h4-7,15,18H,8-14H2,1-3H3. The van der Waals surface area contributed by atoms with Crippen LogP contribution in [0.25, 0.3) is 0 Å². The van der Waals surface area contributed by atoms with Gasteiger partial charge in [0.1, 0.15) is 11.9 Å². The second-order valence-corrected chi connectivity index (χ2v) is 7.84. The summed E-state index contributed by atoms with van der Waals surface area (Å²) < 4.78 is 20.1. The van der Waals surface area contributed by atoms with Crippen molar-refractivity contribution < 1.29 is 13.9 Å². The molecule has 2 heterocycles. The number of nitrogens with zero attached hydrogens (tertiary/aromatic N) is 2. The molecule has 0 aliphatic carbocycles. The predicted octanol–water partition coefficient (Wildman–Crippen LogP) is 2.72. The minimum absolute atomic E-state index is 0.0996. The third-order valence-corrected chi connectivity index (χ3v) is 5.55. The van der Waals surface area contributed by atoms with Gasteiger partial charge in [-0.15, -0.1) is 0 Å². The van der Waals surface area contributed by atoms with Crippen molar-refractivity contribution in [3.63, 3.8) is 0 Å². The number of carbonyl (C=O) groups excluding carboxylic acids is 1. The minimum Gasteiger partial charge on any atom is -0.360 e. The first-order chi connectivity index (χ1) is 11.9. The lowest BCUT2D eigenvalue weighted by molar-refractivity contribution is -0.197. The first-order valence-electron chi connectivity index (χ1n) is 9.29. The number of carbonyl (C=O) groups is 1. The molecule has 4 nitrogen and oxygen atoms in total. The predicted molar refractivity (Wildman–Crippen MR) is 95.9 cm³/mol. The van der Waals surface area contributed by atoms with Gasteiger partial charge in [0.2, 0.25) is 0 Å². The van der Waals surface area contributed by atoms with E-state index in [4.69, 9.17) is 4.74 Å². The molecule has 5 heteroatoms. The van der Waals surface area contributed by atoms with Gasteiger partial charge in [0.05, 0.1) is 5.60 Å². The van der Waals surface area contributed by atoms with Crippen LogP contribution in [0.3, 0.4) is 0 Å². The van der Waals surface area contributed by atoms with E-state index in [-0.39, 0.29) is 29.3 Å². The van der Waals surface area contributed by atoms with Gasteiger partial charge < -0.3 is 14.5 Å². The molecule has 2 saturated heterocycles. The number of ether oxygens (including phenoxy) is 1. The van der Waals surface area contributed by atoms with Crippen molar-refractivity contribution in [2.24, 2.45) is 5.92 Å². The molecule has 1 atom stereocenters.